The van der Waals surface area contributed by atoms with Crippen LogP contribution in [0.5, 0.6) is 0 Å². The van der Waals surface area contributed by atoms with Crippen LogP contribution in [0.2, 0.25) is 0 Å². The van der Waals surface area contributed by atoms with Crippen molar-refractivity contribution in [3.05, 3.63) is 115 Å². The average molecular weight is 522 g/mol. The van der Waals surface area contributed by atoms with Gasteiger partial charge in [0.05, 0.1) is 11.2 Å². The zero-order chi connectivity index (χ0) is 27.5. The maximum atomic E-state index is 6.62. The third kappa shape index (κ3) is 4.16. The van der Waals surface area contributed by atoms with Crippen molar-refractivity contribution in [1.29, 1.82) is 0 Å². The fourth-order valence-electron chi connectivity index (χ4n) is 5.55. The molecule has 0 atom stereocenters. The van der Waals surface area contributed by atoms with Gasteiger partial charge in [-0.25, -0.2) is 0 Å². The van der Waals surface area contributed by atoms with E-state index in [1.54, 1.807) is 0 Å². The van der Waals surface area contributed by atoms with E-state index in [1.165, 1.54) is 22.3 Å². The number of fused-ring (bicyclic) bond motifs is 3. The van der Waals surface area contributed by atoms with Crippen molar-refractivity contribution in [3.8, 4) is 33.4 Å². The molecule has 0 unspecified atom stereocenters. The molecule has 2 heterocycles. The van der Waals surface area contributed by atoms with E-state index in [2.05, 4.69) is 143 Å². The first-order valence-electron chi connectivity index (χ1n) is 13.9. The maximum Gasteiger partial charge on any atom is 0.494 e. The van der Waals surface area contributed by atoms with Crippen LogP contribution in [-0.4, -0.2) is 18.3 Å². The number of para-hydroxylation sites is 1. The van der Waals surface area contributed by atoms with Gasteiger partial charge >= 0.3 is 7.12 Å². The summed E-state index contributed by atoms with van der Waals surface area (Å²) >= 11 is 0. The molecule has 6 aromatic rings. The van der Waals surface area contributed by atoms with Gasteiger partial charge in [0.1, 0.15) is 11.2 Å². The zero-order valence-corrected chi connectivity index (χ0v) is 23.3. The molecule has 0 radical (unpaired) electrons. The molecule has 5 aromatic carbocycles. The minimum atomic E-state index is -0.432. The molecular weight excluding hydrogens is 491 g/mol. The van der Waals surface area contributed by atoms with Gasteiger partial charge in [-0.1, -0.05) is 91.0 Å². The van der Waals surface area contributed by atoms with Crippen molar-refractivity contribution in [2.75, 3.05) is 0 Å². The van der Waals surface area contributed by atoms with Crippen LogP contribution in [0.1, 0.15) is 27.7 Å². The highest BCUT2D eigenvalue weighted by atomic mass is 16.7. The molecular formula is C36H31BO3. The average Bonchev–Trinajstić information content (AvgIpc) is 3.45. The molecule has 7 rings (SSSR count). The predicted molar refractivity (Wildman–Crippen MR) is 166 cm³/mol. The first-order valence-corrected chi connectivity index (χ1v) is 13.9. The van der Waals surface area contributed by atoms with E-state index in [1.807, 2.05) is 0 Å². The molecule has 0 amide bonds. The van der Waals surface area contributed by atoms with Gasteiger partial charge in [0.25, 0.3) is 0 Å². The Morgan fingerprint density at radius 3 is 1.68 bits per heavy atom. The van der Waals surface area contributed by atoms with E-state index in [0.29, 0.717) is 0 Å². The lowest BCUT2D eigenvalue weighted by Crippen LogP contribution is -2.41. The number of furan rings is 1. The fourth-order valence-corrected chi connectivity index (χ4v) is 5.55. The summed E-state index contributed by atoms with van der Waals surface area (Å²) in [5, 5.41) is 2.18. The summed E-state index contributed by atoms with van der Waals surface area (Å²) in [7, 11) is -0.432. The summed E-state index contributed by atoms with van der Waals surface area (Å²) < 4.78 is 19.2. The van der Waals surface area contributed by atoms with Gasteiger partial charge in [-0.3, -0.25) is 0 Å². The molecule has 0 aliphatic carbocycles. The van der Waals surface area contributed by atoms with E-state index in [-0.39, 0.29) is 0 Å². The van der Waals surface area contributed by atoms with Gasteiger partial charge in [0, 0.05) is 16.3 Å². The Bertz CT molecular complexity index is 1780. The summed E-state index contributed by atoms with van der Waals surface area (Å²) in [6, 6.07) is 40.6. The second-order valence-corrected chi connectivity index (χ2v) is 11.7. The van der Waals surface area contributed by atoms with Crippen LogP contribution < -0.4 is 5.46 Å². The highest BCUT2D eigenvalue weighted by Gasteiger charge is 2.51. The highest BCUT2D eigenvalue weighted by molar-refractivity contribution is 6.62. The molecule has 3 nitrogen and oxygen atoms in total. The topological polar surface area (TPSA) is 31.6 Å². The fraction of sp³-hybridized carbons (Fsp3) is 0.167. The molecule has 40 heavy (non-hydrogen) atoms. The second-order valence-electron chi connectivity index (χ2n) is 11.7. The molecule has 0 bridgehead atoms. The Morgan fingerprint density at radius 1 is 0.500 bits per heavy atom. The Labute approximate surface area is 235 Å². The summed E-state index contributed by atoms with van der Waals surface area (Å²) in [5.41, 5.74) is 8.80. The van der Waals surface area contributed by atoms with Crippen LogP contribution in [0.25, 0.3) is 55.3 Å². The third-order valence-electron chi connectivity index (χ3n) is 8.51. The van der Waals surface area contributed by atoms with Crippen LogP contribution in [0.3, 0.4) is 0 Å². The SMILES string of the molecule is CC1(C)OB(c2ccc3c(c2)oc2c(-c4cc(-c5ccccc5)cc(-c5ccccc5)c4)cccc23)OC1(C)C. The first kappa shape index (κ1) is 24.9. The van der Waals surface area contributed by atoms with Crippen LogP contribution >= 0.6 is 0 Å². The molecule has 4 heteroatoms. The number of benzene rings is 5. The van der Waals surface area contributed by atoms with Gasteiger partial charge in [-0.2, -0.15) is 0 Å². The van der Waals surface area contributed by atoms with Crippen LogP contribution in [-0.2, 0) is 9.31 Å². The molecule has 0 N–H and O–H groups in total. The summed E-state index contributed by atoms with van der Waals surface area (Å²) in [5.74, 6) is 0. The summed E-state index contributed by atoms with van der Waals surface area (Å²) in [6.07, 6.45) is 0. The highest BCUT2D eigenvalue weighted by Crippen LogP contribution is 2.40. The van der Waals surface area contributed by atoms with Crippen molar-refractivity contribution < 1.29 is 13.7 Å². The van der Waals surface area contributed by atoms with E-state index < -0.39 is 18.3 Å². The van der Waals surface area contributed by atoms with E-state index in [4.69, 9.17) is 13.7 Å². The Morgan fingerprint density at radius 2 is 1.07 bits per heavy atom. The van der Waals surface area contributed by atoms with Crippen molar-refractivity contribution in [3.63, 3.8) is 0 Å². The number of rotatable bonds is 4. The van der Waals surface area contributed by atoms with Gasteiger partial charge in [0.15, 0.2) is 0 Å². The molecule has 0 saturated carbocycles. The molecule has 1 aromatic heterocycles. The lowest BCUT2D eigenvalue weighted by molar-refractivity contribution is 0.00578. The van der Waals surface area contributed by atoms with Gasteiger partial charge in [0.2, 0.25) is 0 Å². The van der Waals surface area contributed by atoms with E-state index in [9.17, 15) is 0 Å². The minimum Gasteiger partial charge on any atom is -0.455 e. The number of hydrogen-bond donors (Lipinski definition) is 0. The van der Waals surface area contributed by atoms with Crippen LogP contribution in [0.4, 0.5) is 0 Å². The molecule has 1 aliphatic heterocycles. The van der Waals surface area contributed by atoms with E-state index >= 15 is 0 Å². The van der Waals surface area contributed by atoms with E-state index in [0.717, 1.165) is 38.5 Å². The Kier molecular flexibility index (Phi) is 5.74. The number of hydrogen-bond acceptors (Lipinski definition) is 3. The van der Waals surface area contributed by atoms with Crippen LogP contribution in [0.15, 0.2) is 120 Å². The van der Waals surface area contributed by atoms with Gasteiger partial charge in [-0.05, 0) is 85.2 Å². The monoisotopic (exact) mass is 522 g/mol. The third-order valence-corrected chi connectivity index (χ3v) is 8.51. The summed E-state index contributed by atoms with van der Waals surface area (Å²) in [4.78, 5) is 0. The predicted octanol–water partition coefficient (Wildman–Crippen LogP) is 8.89. The van der Waals surface area contributed by atoms with Gasteiger partial charge in [-0.15, -0.1) is 0 Å². The lowest BCUT2D eigenvalue weighted by atomic mass is 9.79. The molecule has 0 spiro atoms. The normalized spacial score (nSPS) is 16.1. The van der Waals surface area contributed by atoms with Crippen molar-refractivity contribution >= 4 is 34.5 Å². The molecule has 1 saturated heterocycles. The maximum absolute atomic E-state index is 6.62. The van der Waals surface area contributed by atoms with Crippen molar-refractivity contribution in [1.82, 2.24) is 0 Å². The zero-order valence-electron chi connectivity index (χ0n) is 23.3. The largest absolute Gasteiger partial charge is 0.494 e. The molecule has 1 fully saturated rings. The minimum absolute atomic E-state index is 0.395. The first-order chi connectivity index (χ1) is 19.3. The standard InChI is InChI=1S/C36H31BO3/c1-35(2)36(3,4)40-37(39-35)29-18-19-31-32-17-11-16-30(34(32)38-33(31)23-29)28-21-26(24-12-7-5-8-13-24)20-27(22-28)25-14-9-6-10-15-25/h5-23H,1-4H3. The smallest absolute Gasteiger partial charge is 0.455 e. The van der Waals surface area contributed by atoms with Crippen LogP contribution in [0, 0.1) is 0 Å². The lowest BCUT2D eigenvalue weighted by Gasteiger charge is -2.32. The summed E-state index contributed by atoms with van der Waals surface area (Å²) in [6.45, 7) is 8.30. The Balaban J connectivity index is 1.38. The van der Waals surface area contributed by atoms with Gasteiger partial charge < -0.3 is 13.7 Å². The second kappa shape index (κ2) is 9.23. The van der Waals surface area contributed by atoms with Crippen molar-refractivity contribution in [2.24, 2.45) is 0 Å². The Hall–Kier alpha value is -4.12. The molecule has 1 aliphatic rings. The van der Waals surface area contributed by atoms with Crippen molar-refractivity contribution in [2.45, 2.75) is 38.9 Å². The quantitative estimate of drug-likeness (QED) is 0.217. The molecule has 196 valence electrons.